The first kappa shape index (κ1) is 21.6. The third kappa shape index (κ3) is 3.75. The predicted molar refractivity (Wildman–Crippen MR) is 128 cm³/mol. The van der Waals surface area contributed by atoms with E-state index in [1.54, 1.807) is 23.2 Å². The molecular formula is C22H24N4O4S2. The van der Waals surface area contributed by atoms with E-state index in [0.717, 1.165) is 6.42 Å². The number of hydrogen-bond donors (Lipinski definition) is 0. The zero-order valence-electron chi connectivity index (χ0n) is 17.8. The maximum Gasteiger partial charge on any atom is 0.267 e. The minimum atomic E-state index is -0.523. The Kier molecular flexibility index (Phi) is 5.79. The topological polar surface area (TPSA) is 76.4 Å². The Balaban J connectivity index is 1.56. The molecule has 5 rings (SSSR count). The van der Waals surface area contributed by atoms with E-state index in [4.69, 9.17) is 26.7 Å². The van der Waals surface area contributed by atoms with E-state index in [1.165, 1.54) is 16.2 Å². The van der Waals surface area contributed by atoms with Gasteiger partial charge in [-0.1, -0.05) is 37.0 Å². The zero-order valence-corrected chi connectivity index (χ0v) is 19.4. The first-order valence-corrected chi connectivity index (χ1v) is 12.0. The van der Waals surface area contributed by atoms with Gasteiger partial charge in [0.05, 0.1) is 23.7 Å². The summed E-state index contributed by atoms with van der Waals surface area (Å²) in [6.07, 6.45) is 5.55. The van der Waals surface area contributed by atoms with Crippen LogP contribution in [0.25, 0.3) is 11.7 Å². The van der Waals surface area contributed by atoms with Crippen molar-refractivity contribution < 1.29 is 14.3 Å². The van der Waals surface area contributed by atoms with E-state index in [9.17, 15) is 9.59 Å². The van der Waals surface area contributed by atoms with E-state index in [2.05, 4.69) is 4.90 Å². The first-order chi connectivity index (χ1) is 15.5. The van der Waals surface area contributed by atoms with Gasteiger partial charge >= 0.3 is 0 Å². The summed E-state index contributed by atoms with van der Waals surface area (Å²) in [5.41, 5.74) is 0.756. The highest BCUT2D eigenvalue weighted by Gasteiger charge is 2.41. The number of ether oxygens (including phenoxy) is 2. The molecule has 0 radical (unpaired) electrons. The van der Waals surface area contributed by atoms with Crippen LogP contribution in [0.15, 0.2) is 34.1 Å². The molecular weight excluding hydrogens is 448 g/mol. The van der Waals surface area contributed by atoms with Gasteiger partial charge in [-0.15, -0.1) is 0 Å². The highest BCUT2D eigenvalue weighted by atomic mass is 32.2. The van der Waals surface area contributed by atoms with Crippen LogP contribution in [0.5, 0.6) is 0 Å². The molecule has 0 unspecified atom stereocenters. The third-order valence-electron chi connectivity index (χ3n) is 5.98. The molecule has 8 nitrogen and oxygen atoms in total. The maximum absolute atomic E-state index is 13.5. The fourth-order valence-corrected chi connectivity index (χ4v) is 5.64. The molecule has 0 N–H and O–H groups in total. The largest absolute Gasteiger partial charge is 0.355 e. The molecule has 3 aliphatic heterocycles. The number of amides is 1. The number of piperidine rings is 1. The Bertz CT molecular complexity index is 1160. The summed E-state index contributed by atoms with van der Waals surface area (Å²) in [7, 11) is 0. The minimum Gasteiger partial charge on any atom is -0.355 e. The van der Waals surface area contributed by atoms with Crippen LogP contribution in [0.2, 0.25) is 0 Å². The van der Waals surface area contributed by atoms with Crippen LogP contribution in [0, 0.1) is 0 Å². The molecule has 3 saturated heterocycles. The van der Waals surface area contributed by atoms with E-state index in [1.807, 2.05) is 19.1 Å². The summed E-state index contributed by atoms with van der Waals surface area (Å²) in [6, 6.07) is 5.45. The molecule has 0 saturated carbocycles. The van der Waals surface area contributed by atoms with E-state index in [0.29, 0.717) is 71.9 Å². The summed E-state index contributed by atoms with van der Waals surface area (Å²) in [6.45, 7) is 5.08. The molecule has 3 aliphatic rings. The Labute approximate surface area is 195 Å². The average Bonchev–Trinajstić information content (AvgIpc) is 3.36. The number of carbonyl (C=O) groups excluding carboxylic acids is 1. The number of thioether (sulfide) groups is 1. The van der Waals surface area contributed by atoms with Crippen LogP contribution < -0.4 is 10.5 Å². The second-order valence-electron chi connectivity index (χ2n) is 8.01. The highest BCUT2D eigenvalue weighted by molar-refractivity contribution is 8.26. The quantitative estimate of drug-likeness (QED) is 0.497. The van der Waals surface area contributed by atoms with Gasteiger partial charge in [0.15, 0.2) is 5.79 Å². The van der Waals surface area contributed by atoms with Gasteiger partial charge < -0.3 is 14.4 Å². The number of rotatable bonds is 4. The molecule has 0 atom stereocenters. The molecule has 2 aromatic heterocycles. The van der Waals surface area contributed by atoms with E-state index >= 15 is 0 Å². The summed E-state index contributed by atoms with van der Waals surface area (Å²) in [5.74, 6) is -0.101. The Hall–Kier alpha value is -2.27. The van der Waals surface area contributed by atoms with Crippen molar-refractivity contribution in [2.45, 2.75) is 32.0 Å². The molecule has 10 heteroatoms. The molecule has 3 fully saturated rings. The van der Waals surface area contributed by atoms with Gasteiger partial charge in [0, 0.05) is 38.7 Å². The first-order valence-electron chi connectivity index (χ1n) is 10.8. The molecule has 1 amide bonds. The molecule has 0 aromatic carbocycles. The lowest BCUT2D eigenvalue weighted by Gasteiger charge is -2.38. The number of nitrogens with zero attached hydrogens (tertiary/aromatic N) is 4. The number of pyridine rings is 1. The Morgan fingerprint density at radius 2 is 1.97 bits per heavy atom. The summed E-state index contributed by atoms with van der Waals surface area (Å²) >= 11 is 6.63. The highest BCUT2D eigenvalue weighted by Crippen LogP contribution is 2.36. The second kappa shape index (κ2) is 8.58. The average molecular weight is 473 g/mol. The molecule has 168 valence electrons. The molecule has 1 spiro atoms. The standard InChI is InChI=1S/C22H24N4O4S2/c1-2-8-26-20(28)16(32-21(26)31)14-15-18(23-17-5-3-4-9-25(17)19(15)27)24-10-6-22(7-11-24)29-12-13-30-22/h3-5,9,14H,2,6-8,10-13H2,1H3/b16-14+. The third-order valence-corrected chi connectivity index (χ3v) is 7.36. The molecule has 0 bridgehead atoms. The summed E-state index contributed by atoms with van der Waals surface area (Å²) in [4.78, 5) is 35.3. The van der Waals surface area contributed by atoms with Gasteiger partial charge in [-0.2, -0.15) is 0 Å². The van der Waals surface area contributed by atoms with Gasteiger partial charge in [-0.25, -0.2) is 4.98 Å². The summed E-state index contributed by atoms with van der Waals surface area (Å²) < 4.78 is 13.7. The van der Waals surface area contributed by atoms with Crippen molar-refractivity contribution in [2.75, 3.05) is 37.7 Å². The van der Waals surface area contributed by atoms with Crippen LogP contribution in [0.4, 0.5) is 5.82 Å². The number of carbonyl (C=O) groups is 1. The van der Waals surface area contributed by atoms with Crippen molar-refractivity contribution in [3.63, 3.8) is 0 Å². The lowest BCUT2D eigenvalue weighted by molar-refractivity contribution is -0.169. The van der Waals surface area contributed by atoms with Crippen molar-refractivity contribution in [1.82, 2.24) is 14.3 Å². The number of thiocarbonyl (C=S) groups is 1. The maximum atomic E-state index is 13.5. The van der Waals surface area contributed by atoms with Crippen LogP contribution in [0.3, 0.4) is 0 Å². The monoisotopic (exact) mass is 472 g/mol. The normalized spacial score (nSPS) is 22.1. The Morgan fingerprint density at radius 1 is 1.22 bits per heavy atom. The molecule has 0 aliphatic carbocycles. The minimum absolute atomic E-state index is 0.157. The van der Waals surface area contributed by atoms with Gasteiger partial charge in [0.1, 0.15) is 15.8 Å². The van der Waals surface area contributed by atoms with Gasteiger partial charge in [-0.05, 0) is 24.6 Å². The van der Waals surface area contributed by atoms with Crippen molar-refractivity contribution >= 4 is 51.7 Å². The molecule has 32 heavy (non-hydrogen) atoms. The lowest BCUT2D eigenvalue weighted by Crippen LogP contribution is -2.46. The van der Waals surface area contributed by atoms with Crippen molar-refractivity contribution in [2.24, 2.45) is 0 Å². The fraction of sp³-hybridized carbons (Fsp3) is 0.455. The number of fused-ring (bicyclic) bond motifs is 1. The lowest BCUT2D eigenvalue weighted by atomic mass is 10.0. The fourth-order valence-electron chi connectivity index (χ4n) is 4.35. The van der Waals surface area contributed by atoms with Gasteiger partial charge in [0.25, 0.3) is 11.5 Å². The van der Waals surface area contributed by atoms with E-state index < -0.39 is 5.79 Å². The smallest absolute Gasteiger partial charge is 0.267 e. The van der Waals surface area contributed by atoms with Crippen LogP contribution in [-0.2, 0) is 14.3 Å². The molecule has 5 heterocycles. The predicted octanol–water partition coefficient (Wildman–Crippen LogP) is 2.65. The van der Waals surface area contributed by atoms with Gasteiger partial charge in [0.2, 0.25) is 0 Å². The van der Waals surface area contributed by atoms with Crippen molar-refractivity contribution in [3.8, 4) is 0 Å². The van der Waals surface area contributed by atoms with E-state index in [-0.39, 0.29) is 11.5 Å². The van der Waals surface area contributed by atoms with Crippen molar-refractivity contribution in [1.29, 1.82) is 0 Å². The van der Waals surface area contributed by atoms with Gasteiger partial charge in [-0.3, -0.25) is 18.9 Å². The number of anilines is 1. The molecule has 2 aromatic rings. The van der Waals surface area contributed by atoms with Crippen LogP contribution in [0.1, 0.15) is 31.7 Å². The Morgan fingerprint density at radius 3 is 2.69 bits per heavy atom. The second-order valence-corrected chi connectivity index (χ2v) is 9.69. The van der Waals surface area contributed by atoms with Crippen LogP contribution >= 0.6 is 24.0 Å². The summed E-state index contributed by atoms with van der Waals surface area (Å²) in [5, 5.41) is 0. The van der Waals surface area contributed by atoms with Crippen molar-refractivity contribution in [3.05, 3.63) is 45.2 Å². The van der Waals surface area contributed by atoms with Crippen LogP contribution in [-0.4, -0.2) is 63.1 Å². The SMILES string of the molecule is CCCN1C(=O)/C(=C\c2c(N3CCC4(CC3)OCCO4)nc3ccccn3c2=O)SC1=S. The zero-order chi connectivity index (χ0) is 22.3. The number of aromatic nitrogens is 2. The number of hydrogen-bond acceptors (Lipinski definition) is 8.